The zero-order valence-corrected chi connectivity index (χ0v) is 68.8. The zero-order valence-electron chi connectivity index (χ0n) is 68.0. The lowest BCUT2D eigenvalue weighted by Gasteiger charge is -2.42. The van der Waals surface area contributed by atoms with E-state index in [0.717, 1.165) is 74.9 Å². The van der Waals surface area contributed by atoms with Crippen LogP contribution in [0.2, 0.25) is 5.02 Å². The van der Waals surface area contributed by atoms with Crippen molar-refractivity contribution < 1.29 is 128 Å². The molecule has 8 aliphatic rings. The number of aliphatic hydroxyl groups excluding tert-OH is 7. The molecule has 124 heavy (non-hydrogen) atoms. The van der Waals surface area contributed by atoms with E-state index in [9.17, 15) is 65.8 Å². The molecule has 0 saturated carbocycles. The topological polar surface area (TPSA) is 535 Å². The van der Waals surface area contributed by atoms with Crippen molar-refractivity contribution in [2.45, 2.75) is 188 Å². The molecule has 662 valence electrons. The van der Waals surface area contributed by atoms with Crippen LogP contribution in [0.1, 0.15) is 140 Å². The Morgan fingerprint density at radius 2 is 1.06 bits per heavy atom. The third kappa shape index (κ3) is 20.6. The van der Waals surface area contributed by atoms with Crippen LogP contribution >= 0.6 is 11.6 Å². The van der Waals surface area contributed by atoms with E-state index in [1.54, 1.807) is 14.1 Å². The van der Waals surface area contributed by atoms with Crippen molar-refractivity contribution in [2.24, 2.45) is 0 Å². The average Bonchev–Trinajstić information content (AvgIpc) is 0.747. The molecular formula is C87H101ClN10O26. The van der Waals surface area contributed by atoms with E-state index < -0.39 is 233 Å². The molecule has 8 heterocycles. The summed E-state index contributed by atoms with van der Waals surface area (Å²) >= 11 is 7.06. The summed E-state index contributed by atoms with van der Waals surface area (Å²) in [6.45, 7) is 0.736. The molecule has 2 saturated heterocycles. The SMILES string of the molecule is CCCCCCCCCCC(=O)N[C@H]1[C@H](Oc2c3cc4cc2Oc2ccc(cc2)C[C@H]2NC(=O)[C@H](NC)c5ccc(O)c(c5)Oc5cc(O)c(Cl)c(c5)[C@H](NC2=O)C(=O)N[C@H]4C(=O)N[C@H]2C(=O)N[C@@H](Cc4ccc(cc4)O3)C(=O)N[C@H](C(=O)NCCCN(C)C)c3cc(O)cc(O[C@H]4O[C@H](CO)[C@@H](O)[C@H](O)[C@@H]4O)c3-c3cc2ccc3O)O[C@H](CO)[C@@H](O)[C@@H]1O. The zero-order chi connectivity index (χ0) is 88.5. The van der Waals surface area contributed by atoms with Crippen molar-refractivity contribution in [3.8, 4) is 80.1 Å². The van der Waals surface area contributed by atoms with Gasteiger partial charge in [-0.25, -0.2) is 0 Å². The van der Waals surface area contributed by atoms with Crippen molar-refractivity contribution in [1.82, 2.24) is 52.8 Å². The number of phenolic OH excluding ortho intramolecular Hbond substituents is 4. The minimum atomic E-state index is -2.31. The molecule has 2 fully saturated rings. The fourth-order valence-corrected chi connectivity index (χ4v) is 15.9. The summed E-state index contributed by atoms with van der Waals surface area (Å²) in [6, 6.07) is 10.8. The highest BCUT2D eigenvalue weighted by molar-refractivity contribution is 6.33. The number of unbranched alkanes of at least 4 members (excludes halogenated alkanes) is 7. The largest absolute Gasteiger partial charge is 0.508 e. The smallest absolute Gasteiger partial charge is 0.248 e. The van der Waals surface area contributed by atoms with Crippen LogP contribution in [0.25, 0.3) is 11.1 Å². The minimum absolute atomic E-state index is 0.0127. The molecule has 8 amide bonds. The van der Waals surface area contributed by atoms with Crippen LogP contribution in [0.4, 0.5) is 0 Å². The van der Waals surface area contributed by atoms with E-state index in [4.69, 9.17) is 44.8 Å². The predicted octanol–water partition coefficient (Wildman–Crippen LogP) is 3.69. The van der Waals surface area contributed by atoms with Gasteiger partial charge in [-0.3, -0.25) is 38.4 Å². The van der Waals surface area contributed by atoms with Crippen molar-refractivity contribution >= 4 is 58.9 Å². The maximum atomic E-state index is 16.8. The molecule has 20 N–H and O–H groups in total. The number of hydrogen-bond acceptors (Lipinski definition) is 28. The number of fused-ring (bicyclic) bond motifs is 14. The quantitative estimate of drug-likeness (QED) is 0.0430. The van der Waals surface area contributed by atoms with Crippen LogP contribution in [-0.4, -0.2) is 229 Å². The first-order valence-electron chi connectivity index (χ1n) is 40.9. The molecule has 8 aliphatic heterocycles. The van der Waals surface area contributed by atoms with Gasteiger partial charge in [0, 0.05) is 54.6 Å². The Morgan fingerprint density at radius 1 is 0.516 bits per heavy atom. The molecule has 37 heteroatoms. The van der Waals surface area contributed by atoms with Crippen LogP contribution in [-0.2, 0) is 60.7 Å². The predicted molar refractivity (Wildman–Crippen MR) is 441 cm³/mol. The highest BCUT2D eigenvalue weighted by Crippen LogP contribution is 2.50. The van der Waals surface area contributed by atoms with Gasteiger partial charge < -0.3 is 142 Å². The average molecular weight is 1740 g/mol. The van der Waals surface area contributed by atoms with Gasteiger partial charge in [-0.15, -0.1) is 0 Å². The second-order valence-electron chi connectivity index (χ2n) is 31.6. The van der Waals surface area contributed by atoms with Crippen molar-refractivity contribution in [3.63, 3.8) is 0 Å². The third-order valence-corrected chi connectivity index (χ3v) is 22.8. The summed E-state index contributed by atoms with van der Waals surface area (Å²) in [6.07, 6.45) is -10.2. The third-order valence-electron chi connectivity index (χ3n) is 22.4. The molecule has 15 rings (SSSR count). The first-order valence-corrected chi connectivity index (χ1v) is 41.3. The summed E-state index contributed by atoms with van der Waals surface area (Å²) < 4.78 is 45.1. The van der Waals surface area contributed by atoms with Gasteiger partial charge in [-0.1, -0.05) is 99.9 Å². The lowest BCUT2D eigenvalue weighted by atomic mass is 9.89. The summed E-state index contributed by atoms with van der Waals surface area (Å²) in [7, 11) is 5.06. The number of phenols is 4. The monoisotopic (exact) mass is 1740 g/mol. The first-order chi connectivity index (χ1) is 59.5. The molecule has 0 radical (unpaired) electrons. The number of ether oxygens (including phenoxy) is 7. The summed E-state index contributed by atoms with van der Waals surface area (Å²) in [5.74, 6) is -13.6. The highest BCUT2D eigenvalue weighted by atomic mass is 35.5. The van der Waals surface area contributed by atoms with Crippen molar-refractivity contribution in [1.29, 1.82) is 0 Å². The Balaban J connectivity index is 1.03. The maximum absolute atomic E-state index is 16.8. The number of aromatic hydroxyl groups is 4. The number of nitrogens with one attached hydrogen (secondary N) is 9. The van der Waals surface area contributed by atoms with Crippen LogP contribution in [0.3, 0.4) is 0 Å². The molecule has 17 bridgehead atoms. The van der Waals surface area contributed by atoms with Crippen LogP contribution in [0.5, 0.6) is 69.0 Å². The van der Waals surface area contributed by atoms with Gasteiger partial charge in [-0.05, 0) is 147 Å². The number of carbonyl (C=O) groups is 8. The Morgan fingerprint density at radius 3 is 1.69 bits per heavy atom. The minimum Gasteiger partial charge on any atom is -0.508 e. The van der Waals surface area contributed by atoms with Crippen molar-refractivity contribution in [2.75, 3.05) is 47.4 Å². The van der Waals surface area contributed by atoms with Gasteiger partial charge >= 0.3 is 0 Å². The molecule has 0 aliphatic carbocycles. The molecular weight excluding hydrogens is 1640 g/mol. The number of amides is 8. The lowest BCUT2D eigenvalue weighted by Crippen LogP contribution is -2.65. The first kappa shape index (κ1) is 90.1. The molecule has 0 aromatic heterocycles. The Kier molecular flexibility index (Phi) is 29.0. The summed E-state index contributed by atoms with van der Waals surface area (Å²) in [5.41, 5.74) is -1.36. The Labute approximate surface area is 716 Å². The molecule has 17 atom stereocenters. The number of hydrogen-bond donors (Lipinski definition) is 20. The summed E-state index contributed by atoms with van der Waals surface area (Å²) in [4.78, 5) is 127. The number of benzene rings is 7. The second kappa shape index (κ2) is 39.9. The molecule has 7 aromatic carbocycles. The summed E-state index contributed by atoms with van der Waals surface area (Å²) in [5, 5.41) is 150. The van der Waals surface area contributed by atoms with Crippen LogP contribution in [0, 0.1) is 0 Å². The number of rotatable bonds is 22. The standard InChI is InChI=1S/C87H101ClN10O26/c1-5-6-7-8-9-10-11-12-14-64(105)93-72-75(108)73(106)62(39-99)122-86(72)124-78-60-33-45-34-61(78)119-48-23-17-42(18-24-48)30-54-79(111)96-70(81(113)90-27-13-28-98(3)4)51-35-46(101)36-59(121-87-77(110)76(109)74(107)63(40-100)123-87)65(51)50-31-43(19-25-55(50)102)68(83(115)92-54)94-84(116)69(45)95-85(117)71-52-37-49(38-57(104)66(52)88)120-58-32-44(20-26-56(58)103)67(89-2)82(114)91-53(80(112)97-71)29-41-15-21-47(118-60)22-16-41/h15-26,31-38,53-54,62-63,67-77,86-87,89,99-104,106-110H,5-14,27-30,39-40H2,1-4H3,(H,90,113)(H,91,114)(H,92,115)(H,93,105)(H,94,116)(H,95,117)(H,96,111)(H,97,112)/t53-,54+,62-,63-,67-,68-,69-,70+,71+,72-,73-,74-,75-,76+,77+,86+,87+/m1/s1. The lowest BCUT2D eigenvalue weighted by molar-refractivity contribution is -0.277. The number of likely N-dealkylation sites (N-methyl/N-ethyl adjacent to an activating group) is 1. The van der Waals surface area contributed by atoms with E-state index in [2.05, 4.69) is 54.8 Å². The van der Waals surface area contributed by atoms with Gasteiger partial charge in [0.05, 0.1) is 18.2 Å². The molecule has 7 aromatic rings. The number of aliphatic hydroxyl groups is 7. The van der Waals surface area contributed by atoms with E-state index in [-0.39, 0.29) is 75.8 Å². The van der Waals surface area contributed by atoms with Gasteiger partial charge in [0.2, 0.25) is 65.6 Å². The van der Waals surface area contributed by atoms with E-state index in [0.29, 0.717) is 31.4 Å². The van der Waals surface area contributed by atoms with Crippen LogP contribution < -0.4 is 71.5 Å². The Bertz CT molecular complexity index is 5090. The van der Waals surface area contributed by atoms with Gasteiger partial charge in [-0.2, -0.15) is 0 Å². The van der Waals surface area contributed by atoms with Gasteiger partial charge in [0.1, 0.15) is 131 Å². The van der Waals surface area contributed by atoms with E-state index in [1.165, 1.54) is 92.0 Å². The van der Waals surface area contributed by atoms with Gasteiger partial charge in [0.15, 0.2) is 23.0 Å². The van der Waals surface area contributed by atoms with E-state index in [1.807, 2.05) is 4.90 Å². The Hall–Kier alpha value is -11.6. The van der Waals surface area contributed by atoms with Gasteiger partial charge in [0.25, 0.3) is 0 Å². The maximum Gasteiger partial charge on any atom is 0.248 e. The molecule has 36 nitrogen and oxygen atoms in total. The number of nitrogens with zero attached hydrogens (tertiary/aromatic N) is 1. The van der Waals surface area contributed by atoms with E-state index >= 15 is 28.8 Å². The van der Waals surface area contributed by atoms with Crippen molar-refractivity contribution in [3.05, 3.63) is 165 Å². The number of carbonyl (C=O) groups excluding carboxylic acids is 8. The fourth-order valence-electron chi connectivity index (χ4n) is 15.7. The van der Waals surface area contributed by atoms with Crippen LogP contribution in [0.15, 0.2) is 121 Å². The fraction of sp³-hybridized carbons (Fsp3) is 0.425. The molecule has 0 spiro atoms. The normalized spacial score (nSPS) is 25.7. The second-order valence-corrected chi connectivity index (χ2v) is 32.0. The molecule has 0 unspecified atom stereocenters. The highest BCUT2D eigenvalue weighted by Gasteiger charge is 2.49. The number of halogens is 1.